The van der Waals surface area contributed by atoms with Gasteiger partial charge in [-0.15, -0.1) is 0 Å². The molecule has 1 aromatic rings. The van der Waals surface area contributed by atoms with E-state index in [1.165, 1.54) is 22.3 Å². The Morgan fingerprint density at radius 2 is 1.88 bits per heavy atom. The molecule has 1 aliphatic carbocycles. The maximum Gasteiger partial charge on any atom is -0.00288 e. The summed E-state index contributed by atoms with van der Waals surface area (Å²) in [4.78, 5) is 0. The second-order valence-corrected chi connectivity index (χ2v) is 4.27. The molecule has 0 bridgehead atoms. The monoisotopic (exact) mass is 227 g/mol. The first-order valence-corrected chi connectivity index (χ1v) is 6.50. The summed E-state index contributed by atoms with van der Waals surface area (Å²) in [7, 11) is 0. The predicted octanol–water partition coefficient (Wildman–Crippen LogP) is 5.04. The van der Waals surface area contributed by atoms with Crippen molar-refractivity contribution in [3.63, 3.8) is 0 Å². The standard InChI is InChI=1S/C15H17.C2H6/c1-12-5-3-7-14(9-12)11-15-8-4-6-13(2)10-15;1-2/h3,5-10H,4,11H2,1-2H3;1-2H3. The predicted molar refractivity (Wildman–Crippen MR) is 77.0 cm³/mol. The Bertz CT molecular complexity index is 408. The van der Waals surface area contributed by atoms with Crippen LogP contribution < -0.4 is 0 Å². The Morgan fingerprint density at radius 3 is 2.53 bits per heavy atom. The van der Waals surface area contributed by atoms with Gasteiger partial charge in [-0.25, -0.2) is 0 Å². The summed E-state index contributed by atoms with van der Waals surface area (Å²) >= 11 is 0. The van der Waals surface area contributed by atoms with Crippen molar-refractivity contribution in [3.05, 3.63) is 65.1 Å². The molecule has 1 aromatic carbocycles. The Morgan fingerprint density at radius 1 is 1.12 bits per heavy atom. The molecule has 0 aliphatic heterocycles. The van der Waals surface area contributed by atoms with Gasteiger partial charge in [0.15, 0.2) is 0 Å². The largest absolute Gasteiger partial charge is 0.0804 e. The number of hydrogen-bond acceptors (Lipinski definition) is 0. The Kier molecular flexibility index (Phi) is 5.76. The molecule has 2 rings (SSSR count). The van der Waals surface area contributed by atoms with E-state index in [1.807, 2.05) is 13.8 Å². The molecular formula is C17H23. The van der Waals surface area contributed by atoms with E-state index in [-0.39, 0.29) is 0 Å². The molecule has 0 saturated carbocycles. The van der Waals surface area contributed by atoms with Crippen molar-refractivity contribution in [2.45, 2.75) is 40.5 Å². The Labute approximate surface area is 106 Å². The maximum atomic E-state index is 2.31. The highest BCUT2D eigenvalue weighted by molar-refractivity contribution is 5.37. The molecule has 17 heavy (non-hydrogen) atoms. The van der Waals surface area contributed by atoms with Crippen molar-refractivity contribution < 1.29 is 0 Å². The maximum absolute atomic E-state index is 2.31. The highest BCUT2D eigenvalue weighted by atomic mass is 14.1. The number of allylic oxidation sites excluding steroid dienone is 4. The molecular weight excluding hydrogens is 204 g/mol. The van der Waals surface area contributed by atoms with Crippen LogP contribution in [0, 0.1) is 13.3 Å². The summed E-state index contributed by atoms with van der Waals surface area (Å²) in [5, 5.41) is 0. The first kappa shape index (κ1) is 13.8. The molecule has 0 amide bonds. The lowest BCUT2D eigenvalue weighted by atomic mass is 9.95. The van der Waals surface area contributed by atoms with Crippen LogP contribution in [0.4, 0.5) is 0 Å². The fourth-order valence-electron chi connectivity index (χ4n) is 1.99. The summed E-state index contributed by atoms with van der Waals surface area (Å²) < 4.78 is 0. The summed E-state index contributed by atoms with van der Waals surface area (Å²) in [6.45, 7) is 8.32. The minimum Gasteiger partial charge on any atom is -0.0804 e. The number of rotatable bonds is 2. The molecule has 0 N–H and O–H groups in total. The average molecular weight is 227 g/mol. The third-order valence-electron chi connectivity index (χ3n) is 2.72. The van der Waals surface area contributed by atoms with Crippen LogP contribution in [-0.2, 0) is 6.42 Å². The number of aryl methyl sites for hydroxylation is 1. The molecule has 91 valence electrons. The average Bonchev–Trinajstić information content (AvgIpc) is 2.31. The quantitative estimate of drug-likeness (QED) is 0.663. The van der Waals surface area contributed by atoms with Crippen LogP contribution >= 0.6 is 0 Å². The minimum atomic E-state index is 1.06. The zero-order valence-electron chi connectivity index (χ0n) is 11.5. The number of benzene rings is 1. The second-order valence-electron chi connectivity index (χ2n) is 4.27. The third-order valence-corrected chi connectivity index (χ3v) is 2.72. The lowest BCUT2D eigenvalue weighted by Gasteiger charge is -2.10. The van der Waals surface area contributed by atoms with Gasteiger partial charge in [-0.3, -0.25) is 0 Å². The van der Waals surface area contributed by atoms with Crippen LogP contribution in [0.25, 0.3) is 0 Å². The van der Waals surface area contributed by atoms with Crippen molar-refractivity contribution in [1.29, 1.82) is 0 Å². The van der Waals surface area contributed by atoms with Crippen LogP contribution in [0.3, 0.4) is 0 Å². The van der Waals surface area contributed by atoms with Crippen LogP contribution in [0.2, 0.25) is 0 Å². The SMILES string of the molecule is CC.CC1=CC(Cc2cccc(C)c2)=CC[CH]1. The van der Waals surface area contributed by atoms with Gasteiger partial charge in [-0.05, 0) is 44.2 Å². The van der Waals surface area contributed by atoms with E-state index in [1.54, 1.807) is 0 Å². The zero-order valence-corrected chi connectivity index (χ0v) is 11.5. The molecule has 1 radical (unpaired) electrons. The van der Waals surface area contributed by atoms with Gasteiger partial charge in [0.25, 0.3) is 0 Å². The highest BCUT2D eigenvalue weighted by Gasteiger charge is 2.03. The van der Waals surface area contributed by atoms with Crippen molar-refractivity contribution in [3.8, 4) is 0 Å². The fraction of sp³-hybridized carbons (Fsp3) is 0.353. The van der Waals surface area contributed by atoms with Gasteiger partial charge in [0.2, 0.25) is 0 Å². The van der Waals surface area contributed by atoms with Crippen molar-refractivity contribution in [1.82, 2.24) is 0 Å². The van der Waals surface area contributed by atoms with Gasteiger partial charge in [-0.2, -0.15) is 0 Å². The fourth-order valence-corrected chi connectivity index (χ4v) is 1.99. The Hall–Kier alpha value is -1.30. The van der Waals surface area contributed by atoms with Gasteiger partial charge < -0.3 is 0 Å². The van der Waals surface area contributed by atoms with Crippen LogP contribution in [0.15, 0.2) is 47.6 Å². The molecule has 0 spiro atoms. The molecule has 0 fully saturated rings. The molecule has 1 aliphatic rings. The molecule has 0 aromatic heterocycles. The molecule has 0 heterocycles. The second kappa shape index (κ2) is 7.11. The summed E-state index contributed by atoms with van der Waals surface area (Å²) in [6.07, 6.45) is 9.01. The lowest BCUT2D eigenvalue weighted by Crippen LogP contribution is -1.94. The van der Waals surface area contributed by atoms with E-state index in [2.05, 4.69) is 56.7 Å². The minimum absolute atomic E-state index is 1.06. The van der Waals surface area contributed by atoms with E-state index >= 15 is 0 Å². The van der Waals surface area contributed by atoms with Gasteiger partial charge in [0.1, 0.15) is 0 Å². The first-order chi connectivity index (χ1) is 8.24. The van der Waals surface area contributed by atoms with Gasteiger partial charge in [0.05, 0.1) is 0 Å². The van der Waals surface area contributed by atoms with E-state index < -0.39 is 0 Å². The number of hydrogen-bond donors (Lipinski definition) is 0. The van der Waals surface area contributed by atoms with Crippen molar-refractivity contribution >= 4 is 0 Å². The van der Waals surface area contributed by atoms with E-state index in [4.69, 9.17) is 0 Å². The third kappa shape index (κ3) is 4.60. The van der Waals surface area contributed by atoms with Crippen LogP contribution in [0.1, 0.15) is 38.3 Å². The van der Waals surface area contributed by atoms with E-state index in [0.717, 1.165) is 12.8 Å². The zero-order chi connectivity index (χ0) is 12.7. The normalized spacial score (nSPS) is 14.4. The topological polar surface area (TPSA) is 0 Å². The van der Waals surface area contributed by atoms with Gasteiger partial charge >= 0.3 is 0 Å². The molecule has 0 heteroatoms. The smallest absolute Gasteiger partial charge is 0.00288 e. The Balaban J connectivity index is 0.000000686. The van der Waals surface area contributed by atoms with E-state index in [0.29, 0.717) is 0 Å². The summed E-state index contributed by atoms with van der Waals surface area (Å²) in [5.41, 5.74) is 5.59. The molecule has 0 atom stereocenters. The highest BCUT2D eigenvalue weighted by Crippen LogP contribution is 2.19. The molecule has 0 saturated heterocycles. The van der Waals surface area contributed by atoms with E-state index in [9.17, 15) is 0 Å². The van der Waals surface area contributed by atoms with Crippen molar-refractivity contribution in [2.75, 3.05) is 0 Å². The molecule has 0 nitrogen and oxygen atoms in total. The molecule has 0 unspecified atom stereocenters. The first-order valence-electron chi connectivity index (χ1n) is 6.50. The van der Waals surface area contributed by atoms with Gasteiger partial charge in [0, 0.05) is 0 Å². The summed E-state index contributed by atoms with van der Waals surface area (Å²) in [6, 6.07) is 8.75. The van der Waals surface area contributed by atoms with Crippen LogP contribution in [-0.4, -0.2) is 0 Å². The summed E-state index contributed by atoms with van der Waals surface area (Å²) in [5.74, 6) is 0. The van der Waals surface area contributed by atoms with Crippen molar-refractivity contribution in [2.24, 2.45) is 0 Å². The van der Waals surface area contributed by atoms with Gasteiger partial charge in [-0.1, -0.05) is 61.4 Å². The lowest BCUT2D eigenvalue weighted by molar-refractivity contribution is 1.08. The van der Waals surface area contributed by atoms with Crippen LogP contribution in [0.5, 0.6) is 0 Å².